The van der Waals surface area contributed by atoms with E-state index in [2.05, 4.69) is 27.7 Å². The first kappa shape index (κ1) is 25.0. The van der Waals surface area contributed by atoms with E-state index in [1.54, 1.807) is 13.8 Å². The van der Waals surface area contributed by atoms with E-state index >= 15 is 0 Å². The van der Waals surface area contributed by atoms with Gasteiger partial charge in [0.05, 0.1) is 11.8 Å². The highest BCUT2D eigenvalue weighted by Crippen LogP contribution is 2.24. The number of hydrogen-bond acceptors (Lipinski definition) is 5. The molecule has 0 heterocycles. The summed E-state index contributed by atoms with van der Waals surface area (Å²) >= 11 is 0.440. The van der Waals surface area contributed by atoms with Gasteiger partial charge in [-0.1, -0.05) is 76.2 Å². The largest absolute Gasteiger partial charge is 0.354 e. The molecule has 0 fully saturated rings. The Bertz CT molecular complexity index is 769. The summed E-state index contributed by atoms with van der Waals surface area (Å²) in [6, 6.07) is 16.0. The van der Waals surface area contributed by atoms with Crippen molar-refractivity contribution in [3.05, 3.63) is 70.8 Å². The Morgan fingerprint density at radius 2 is 0.968 bits per heavy atom. The van der Waals surface area contributed by atoms with Gasteiger partial charge in [0.1, 0.15) is 0 Å². The minimum absolute atomic E-state index is 0.440. The van der Waals surface area contributed by atoms with Crippen LogP contribution in [0.1, 0.15) is 75.6 Å². The number of carbonyl (C=O) groups is 2. The highest BCUT2D eigenvalue weighted by molar-refractivity contribution is 7.90. The van der Waals surface area contributed by atoms with Gasteiger partial charge in [-0.25, -0.2) is 0 Å². The summed E-state index contributed by atoms with van der Waals surface area (Å²) in [4.78, 5) is 24.6. The Morgan fingerprint density at radius 1 is 0.645 bits per heavy atom. The predicted molar refractivity (Wildman–Crippen MR) is 127 cm³/mol. The molecule has 168 valence electrons. The molecule has 4 nitrogen and oxygen atoms in total. The molecule has 2 aromatic rings. The normalized spacial score (nSPS) is 13.2. The summed E-state index contributed by atoms with van der Waals surface area (Å²) in [5.74, 6) is -0.602. The van der Waals surface area contributed by atoms with E-state index in [0.29, 0.717) is 24.2 Å². The Kier molecular flexibility index (Phi) is 9.63. The first-order valence-electron chi connectivity index (χ1n) is 10.9. The van der Waals surface area contributed by atoms with Crippen LogP contribution in [0.15, 0.2) is 48.5 Å². The molecule has 0 spiro atoms. The van der Waals surface area contributed by atoms with Crippen molar-refractivity contribution < 1.29 is 18.0 Å². The van der Waals surface area contributed by atoms with E-state index in [4.69, 9.17) is 8.37 Å². The zero-order valence-electron chi connectivity index (χ0n) is 19.4. The van der Waals surface area contributed by atoms with Gasteiger partial charge in [-0.05, 0) is 60.8 Å². The number of hydrogen-bond donors (Lipinski definition) is 0. The van der Waals surface area contributed by atoms with Crippen molar-refractivity contribution in [2.75, 3.05) is 0 Å². The van der Waals surface area contributed by atoms with Gasteiger partial charge in [-0.15, -0.1) is 0 Å². The molecular formula is C26H34O4S. The van der Waals surface area contributed by atoms with E-state index in [9.17, 15) is 9.59 Å². The standard InChI is InChI=1S/C26H34O4S/c1-17(2)15-21-7-11-23(12-8-21)19(5)25(27)29-31-30-26(28)20(6)24-13-9-22(10-14-24)16-18(3)4/h7-14,17-20H,15-16H2,1-6H3/t19-,20+. The van der Waals surface area contributed by atoms with Crippen molar-refractivity contribution in [2.45, 2.75) is 66.2 Å². The zero-order chi connectivity index (χ0) is 23.0. The third-order valence-corrected chi connectivity index (χ3v) is 5.65. The third-order valence-electron chi connectivity index (χ3n) is 5.19. The Labute approximate surface area is 191 Å². The topological polar surface area (TPSA) is 52.6 Å². The average Bonchev–Trinajstić information content (AvgIpc) is 2.72. The van der Waals surface area contributed by atoms with Gasteiger partial charge in [-0.3, -0.25) is 9.59 Å². The fourth-order valence-corrected chi connectivity index (χ4v) is 3.78. The van der Waals surface area contributed by atoms with Crippen molar-refractivity contribution in [1.29, 1.82) is 0 Å². The van der Waals surface area contributed by atoms with E-state index in [0.717, 1.165) is 24.0 Å². The summed E-state index contributed by atoms with van der Waals surface area (Å²) in [5, 5.41) is 0. The SMILES string of the molecule is CC(C)Cc1ccc([C@H](C)C(=O)OSOC(=O)[C@H](C)c2ccc(CC(C)C)cc2)cc1. The van der Waals surface area contributed by atoms with Crippen LogP contribution in [-0.4, -0.2) is 11.9 Å². The van der Waals surface area contributed by atoms with Gasteiger partial charge in [0.2, 0.25) is 0 Å². The summed E-state index contributed by atoms with van der Waals surface area (Å²) in [5.41, 5.74) is 4.24. The zero-order valence-corrected chi connectivity index (χ0v) is 20.2. The van der Waals surface area contributed by atoms with Gasteiger partial charge in [0.25, 0.3) is 12.3 Å². The first-order valence-corrected chi connectivity index (χ1v) is 11.6. The molecule has 2 aromatic carbocycles. The molecule has 31 heavy (non-hydrogen) atoms. The monoisotopic (exact) mass is 442 g/mol. The van der Waals surface area contributed by atoms with E-state index in [1.807, 2.05) is 48.5 Å². The van der Waals surface area contributed by atoms with Crippen LogP contribution in [-0.2, 0) is 30.8 Å². The quantitative estimate of drug-likeness (QED) is 0.386. The fraction of sp³-hybridized carbons (Fsp3) is 0.462. The number of benzene rings is 2. The van der Waals surface area contributed by atoms with Crippen LogP contribution in [0, 0.1) is 11.8 Å². The third kappa shape index (κ3) is 8.06. The minimum Gasteiger partial charge on any atom is -0.354 e. The molecule has 0 saturated heterocycles. The molecule has 0 amide bonds. The molecule has 0 aliphatic carbocycles. The molecule has 0 aliphatic heterocycles. The maximum absolute atomic E-state index is 12.3. The van der Waals surface area contributed by atoms with E-state index in [1.165, 1.54) is 11.1 Å². The van der Waals surface area contributed by atoms with Crippen LogP contribution in [0.4, 0.5) is 0 Å². The number of carbonyl (C=O) groups excluding carboxylic acids is 2. The van der Waals surface area contributed by atoms with Crippen LogP contribution < -0.4 is 0 Å². The molecular weight excluding hydrogens is 408 g/mol. The van der Waals surface area contributed by atoms with Gasteiger partial charge in [-0.2, -0.15) is 0 Å². The van der Waals surface area contributed by atoms with Crippen molar-refractivity contribution in [3.8, 4) is 0 Å². The summed E-state index contributed by atoms with van der Waals surface area (Å²) in [7, 11) is 0. The Hall–Kier alpha value is -2.27. The highest BCUT2D eigenvalue weighted by atomic mass is 32.2. The summed E-state index contributed by atoms with van der Waals surface area (Å²) < 4.78 is 10.2. The van der Waals surface area contributed by atoms with Crippen LogP contribution in [0.5, 0.6) is 0 Å². The van der Waals surface area contributed by atoms with Crippen LogP contribution in [0.2, 0.25) is 0 Å². The maximum atomic E-state index is 12.3. The molecule has 5 heteroatoms. The average molecular weight is 443 g/mol. The first-order chi connectivity index (χ1) is 14.7. The Morgan fingerprint density at radius 3 is 1.26 bits per heavy atom. The second-order valence-electron chi connectivity index (χ2n) is 9.00. The second-order valence-corrected chi connectivity index (χ2v) is 9.46. The second kappa shape index (κ2) is 11.9. The molecule has 0 bridgehead atoms. The lowest BCUT2D eigenvalue weighted by Crippen LogP contribution is -2.13. The van der Waals surface area contributed by atoms with Gasteiger partial charge in [0, 0.05) is 0 Å². The van der Waals surface area contributed by atoms with Crippen LogP contribution >= 0.6 is 12.3 Å². The molecule has 0 unspecified atom stereocenters. The summed E-state index contributed by atoms with van der Waals surface area (Å²) in [6.45, 7) is 12.3. The van der Waals surface area contributed by atoms with E-state index < -0.39 is 23.8 Å². The molecule has 0 radical (unpaired) electrons. The van der Waals surface area contributed by atoms with E-state index in [-0.39, 0.29) is 0 Å². The van der Waals surface area contributed by atoms with Crippen molar-refractivity contribution >= 4 is 24.3 Å². The molecule has 0 aromatic heterocycles. The fourth-order valence-electron chi connectivity index (χ4n) is 3.33. The lowest BCUT2D eigenvalue weighted by molar-refractivity contribution is -0.137. The summed E-state index contributed by atoms with van der Waals surface area (Å²) in [6.07, 6.45) is 2.01. The Balaban J connectivity index is 1.81. The smallest absolute Gasteiger partial charge is 0.328 e. The van der Waals surface area contributed by atoms with Crippen LogP contribution in [0.25, 0.3) is 0 Å². The van der Waals surface area contributed by atoms with Gasteiger partial charge in [0.15, 0.2) is 0 Å². The lowest BCUT2D eigenvalue weighted by Gasteiger charge is -2.13. The molecule has 0 saturated carbocycles. The molecule has 0 N–H and O–H groups in total. The number of rotatable bonds is 10. The van der Waals surface area contributed by atoms with Crippen LogP contribution in [0.3, 0.4) is 0 Å². The van der Waals surface area contributed by atoms with Crippen molar-refractivity contribution in [1.82, 2.24) is 0 Å². The molecule has 0 aliphatic rings. The molecule has 2 atom stereocenters. The lowest BCUT2D eigenvalue weighted by atomic mass is 9.97. The van der Waals surface area contributed by atoms with Gasteiger partial charge < -0.3 is 8.37 Å². The maximum Gasteiger partial charge on any atom is 0.328 e. The highest BCUT2D eigenvalue weighted by Gasteiger charge is 2.21. The minimum atomic E-state index is -0.444. The molecule has 2 rings (SSSR count). The predicted octanol–water partition coefficient (Wildman–Crippen LogP) is 6.64. The van der Waals surface area contributed by atoms with Crippen molar-refractivity contribution in [2.24, 2.45) is 11.8 Å². The van der Waals surface area contributed by atoms with Gasteiger partial charge >= 0.3 is 11.9 Å². The van der Waals surface area contributed by atoms with Crippen molar-refractivity contribution in [3.63, 3.8) is 0 Å².